The molecule has 1 amide bonds. The molecule has 3 atom stereocenters. The van der Waals surface area contributed by atoms with E-state index in [0.717, 1.165) is 11.1 Å². The number of rotatable bonds is 5. The maximum Gasteiger partial charge on any atom is 0.243 e. The van der Waals surface area contributed by atoms with Crippen molar-refractivity contribution in [1.82, 2.24) is 14.1 Å². The Bertz CT molecular complexity index is 1200. The molecule has 174 valence electrons. The number of benzene rings is 2. The van der Waals surface area contributed by atoms with Crippen LogP contribution in [0.2, 0.25) is 0 Å². The average molecular weight is 468 g/mol. The van der Waals surface area contributed by atoms with Crippen molar-refractivity contribution in [2.24, 2.45) is 0 Å². The lowest BCUT2D eigenvalue weighted by Gasteiger charge is -2.58. The lowest BCUT2D eigenvalue weighted by atomic mass is 9.74. The molecule has 8 heteroatoms. The van der Waals surface area contributed by atoms with Crippen molar-refractivity contribution in [1.29, 1.82) is 0 Å². The highest BCUT2D eigenvalue weighted by molar-refractivity contribution is 7.89. The number of hydrogen-bond acceptors (Lipinski definition) is 5. The van der Waals surface area contributed by atoms with E-state index in [4.69, 9.17) is 0 Å². The standard InChI is InChI=1S/C25H29N3O4S/c1-18-7-4-5-9-23(18)33(31,32)27-15-21-25(22(17-29)28(21)24(30)16-27)20-12-10-19(11-13-20)8-6-14-26(2)3/h4-5,7,9-13,21-22,25,29H,14-17H2,1-3H3/t21-,22-,25+/m1/s1. The highest BCUT2D eigenvalue weighted by atomic mass is 32.2. The van der Waals surface area contributed by atoms with Crippen molar-refractivity contribution < 1.29 is 18.3 Å². The number of aliphatic hydroxyl groups is 1. The quantitative estimate of drug-likeness (QED) is 0.670. The molecule has 2 aliphatic rings. The van der Waals surface area contributed by atoms with Crippen LogP contribution in [0.4, 0.5) is 0 Å². The van der Waals surface area contributed by atoms with Crippen LogP contribution in [0.25, 0.3) is 0 Å². The van der Waals surface area contributed by atoms with Crippen LogP contribution in [0.3, 0.4) is 0 Å². The van der Waals surface area contributed by atoms with Gasteiger partial charge in [-0.2, -0.15) is 4.31 Å². The van der Waals surface area contributed by atoms with Gasteiger partial charge in [-0.15, -0.1) is 0 Å². The SMILES string of the molecule is Cc1ccccc1S(=O)(=O)N1CC(=O)N2[C@H](CO)[C@@H](c3ccc(C#CCN(C)C)cc3)[C@H]2C1. The fourth-order valence-electron chi connectivity index (χ4n) is 4.73. The maximum absolute atomic E-state index is 13.3. The van der Waals surface area contributed by atoms with Crippen LogP contribution in [0.15, 0.2) is 53.4 Å². The summed E-state index contributed by atoms with van der Waals surface area (Å²) in [5.41, 5.74) is 2.51. The van der Waals surface area contributed by atoms with Crippen LogP contribution in [-0.4, -0.2) is 86.0 Å². The van der Waals surface area contributed by atoms with E-state index >= 15 is 0 Å². The fourth-order valence-corrected chi connectivity index (χ4v) is 6.36. The predicted molar refractivity (Wildman–Crippen MR) is 126 cm³/mol. The minimum Gasteiger partial charge on any atom is -0.394 e. The molecule has 1 N–H and O–H groups in total. The molecule has 0 radical (unpaired) electrons. The summed E-state index contributed by atoms with van der Waals surface area (Å²) in [5, 5.41) is 9.98. The van der Waals surface area contributed by atoms with Gasteiger partial charge in [0.2, 0.25) is 15.9 Å². The number of hydrogen-bond donors (Lipinski definition) is 1. The first kappa shape index (κ1) is 23.5. The molecule has 0 saturated carbocycles. The summed E-state index contributed by atoms with van der Waals surface area (Å²) in [6.07, 6.45) is 0. The monoisotopic (exact) mass is 467 g/mol. The molecule has 4 rings (SSSR count). The van der Waals surface area contributed by atoms with E-state index in [-0.39, 0.29) is 48.5 Å². The molecule has 0 bridgehead atoms. The molecule has 0 aromatic heterocycles. The second-order valence-corrected chi connectivity index (χ2v) is 10.8. The Morgan fingerprint density at radius 3 is 2.45 bits per heavy atom. The molecule has 7 nitrogen and oxygen atoms in total. The van der Waals surface area contributed by atoms with Gasteiger partial charge in [0.15, 0.2) is 0 Å². The van der Waals surface area contributed by atoms with Crippen molar-refractivity contribution in [2.75, 3.05) is 40.3 Å². The topological polar surface area (TPSA) is 81.2 Å². The van der Waals surface area contributed by atoms with E-state index in [9.17, 15) is 18.3 Å². The highest BCUT2D eigenvalue weighted by Crippen LogP contribution is 2.43. The number of amides is 1. The molecule has 2 fully saturated rings. The van der Waals surface area contributed by atoms with E-state index in [0.29, 0.717) is 12.1 Å². The number of nitrogens with zero attached hydrogens (tertiary/aromatic N) is 3. The third-order valence-electron chi connectivity index (χ3n) is 6.36. The van der Waals surface area contributed by atoms with Crippen molar-refractivity contribution in [3.8, 4) is 11.8 Å². The van der Waals surface area contributed by atoms with Gasteiger partial charge >= 0.3 is 0 Å². The van der Waals surface area contributed by atoms with E-state index in [1.165, 1.54) is 4.31 Å². The zero-order chi connectivity index (χ0) is 23.8. The van der Waals surface area contributed by atoms with Gasteiger partial charge in [0, 0.05) is 18.0 Å². The summed E-state index contributed by atoms with van der Waals surface area (Å²) in [5.74, 6) is 5.81. The summed E-state index contributed by atoms with van der Waals surface area (Å²) < 4.78 is 27.9. The van der Waals surface area contributed by atoms with Gasteiger partial charge in [-0.05, 0) is 50.3 Å². The molecule has 2 aromatic carbocycles. The largest absolute Gasteiger partial charge is 0.394 e. The number of carbonyl (C=O) groups is 1. The Balaban J connectivity index is 1.58. The summed E-state index contributed by atoms with van der Waals surface area (Å²) in [6, 6.07) is 13.9. The van der Waals surface area contributed by atoms with Crippen LogP contribution in [0.1, 0.15) is 22.6 Å². The van der Waals surface area contributed by atoms with Gasteiger partial charge in [0.05, 0.1) is 36.7 Å². The molecule has 2 aromatic rings. The number of aryl methyl sites for hydroxylation is 1. The number of aliphatic hydroxyl groups excluding tert-OH is 1. The molecule has 0 spiro atoms. The summed E-state index contributed by atoms with van der Waals surface area (Å²) in [6.45, 7) is 2.25. The second-order valence-electron chi connectivity index (χ2n) is 8.87. The lowest BCUT2D eigenvalue weighted by Crippen LogP contribution is -2.73. The number of sulfonamides is 1. The molecule has 0 aliphatic carbocycles. The smallest absolute Gasteiger partial charge is 0.243 e. The third kappa shape index (κ3) is 4.42. The van der Waals surface area contributed by atoms with Crippen LogP contribution >= 0.6 is 0 Å². The van der Waals surface area contributed by atoms with Crippen LogP contribution in [0, 0.1) is 18.8 Å². The maximum atomic E-state index is 13.3. The van der Waals surface area contributed by atoms with Crippen molar-refractivity contribution >= 4 is 15.9 Å². The molecule has 2 aliphatic heterocycles. The zero-order valence-corrected chi connectivity index (χ0v) is 19.9. The molecule has 2 heterocycles. The van der Waals surface area contributed by atoms with Gasteiger partial charge in [-0.25, -0.2) is 8.42 Å². The molecular formula is C25H29N3O4S. The highest BCUT2D eigenvalue weighted by Gasteiger charge is 2.55. The van der Waals surface area contributed by atoms with E-state index in [1.54, 1.807) is 36.1 Å². The third-order valence-corrected chi connectivity index (χ3v) is 8.33. The lowest BCUT2D eigenvalue weighted by molar-refractivity contribution is -0.158. The average Bonchev–Trinajstić information content (AvgIpc) is 2.76. The van der Waals surface area contributed by atoms with E-state index < -0.39 is 10.0 Å². The minimum atomic E-state index is -3.80. The Hall–Kier alpha value is -2.70. The predicted octanol–water partition coefficient (Wildman–Crippen LogP) is 1.27. The van der Waals surface area contributed by atoms with E-state index in [1.807, 2.05) is 43.3 Å². The summed E-state index contributed by atoms with van der Waals surface area (Å²) >= 11 is 0. The van der Waals surface area contributed by atoms with Crippen LogP contribution in [-0.2, 0) is 14.8 Å². The molecule has 2 saturated heterocycles. The number of piperazine rings is 1. The normalized spacial score (nSPS) is 23.0. The van der Waals surface area contributed by atoms with Gasteiger partial charge < -0.3 is 10.0 Å². The Morgan fingerprint density at radius 2 is 1.82 bits per heavy atom. The minimum absolute atomic E-state index is 0.141. The first-order valence-electron chi connectivity index (χ1n) is 11.0. The van der Waals surface area contributed by atoms with Gasteiger partial charge in [-0.1, -0.05) is 42.2 Å². The first-order chi connectivity index (χ1) is 15.7. The van der Waals surface area contributed by atoms with Gasteiger partial charge in [0.25, 0.3) is 0 Å². The van der Waals surface area contributed by atoms with Gasteiger partial charge in [-0.3, -0.25) is 9.69 Å². The number of fused-ring (bicyclic) bond motifs is 1. The van der Waals surface area contributed by atoms with Crippen molar-refractivity contribution in [3.63, 3.8) is 0 Å². The van der Waals surface area contributed by atoms with E-state index in [2.05, 4.69) is 11.8 Å². The molecular weight excluding hydrogens is 438 g/mol. The van der Waals surface area contributed by atoms with Crippen molar-refractivity contribution in [3.05, 3.63) is 65.2 Å². The number of carbonyl (C=O) groups excluding carboxylic acids is 1. The Kier molecular flexibility index (Phi) is 6.59. The fraction of sp³-hybridized carbons (Fsp3) is 0.400. The Morgan fingerprint density at radius 1 is 1.12 bits per heavy atom. The first-order valence-corrected chi connectivity index (χ1v) is 12.4. The Labute approximate surface area is 195 Å². The second kappa shape index (κ2) is 9.27. The zero-order valence-electron chi connectivity index (χ0n) is 19.1. The molecule has 33 heavy (non-hydrogen) atoms. The summed E-state index contributed by atoms with van der Waals surface area (Å²) in [4.78, 5) is 16.8. The van der Waals surface area contributed by atoms with Crippen LogP contribution in [0.5, 0.6) is 0 Å². The van der Waals surface area contributed by atoms with Crippen molar-refractivity contribution in [2.45, 2.75) is 29.8 Å². The summed E-state index contributed by atoms with van der Waals surface area (Å²) in [7, 11) is 0.122. The van der Waals surface area contributed by atoms with Crippen LogP contribution < -0.4 is 0 Å². The molecule has 0 unspecified atom stereocenters. The van der Waals surface area contributed by atoms with Gasteiger partial charge in [0.1, 0.15) is 0 Å².